The monoisotopic (exact) mass is 312 g/mol. The second kappa shape index (κ2) is 8.11. The van der Waals surface area contributed by atoms with E-state index in [0.29, 0.717) is 16.5 Å². The summed E-state index contributed by atoms with van der Waals surface area (Å²) >= 11 is 6.32. The smallest absolute Gasteiger partial charge is 0.129 e. The molecule has 0 saturated carbocycles. The summed E-state index contributed by atoms with van der Waals surface area (Å²) in [5, 5.41) is 4.05. The number of rotatable bonds is 5. The number of nitrogens with zero attached hydrogens (tertiary/aromatic N) is 1. The summed E-state index contributed by atoms with van der Waals surface area (Å²) in [6.45, 7) is 5.10. The lowest BCUT2D eigenvalue weighted by atomic mass is 9.89. The number of nitrogens with one attached hydrogen (secondary N) is 1. The van der Waals surface area contributed by atoms with Crippen LogP contribution >= 0.6 is 11.6 Å². The van der Waals surface area contributed by atoms with Crippen LogP contribution in [0.25, 0.3) is 0 Å². The molecule has 0 bridgehead atoms. The number of hydrogen-bond donors (Lipinski definition) is 1. The van der Waals surface area contributed by atoms with E-state index in [1.165, 1.54) is 18.9 Å². The van der Waals surface area contributed by atoms with Gasteiger partial charge in [-0.25, -0.2) is 4.39 Å². The molecular weight excluding hydrogens is 287 g/mol. The van der Waals surface area contributed by atoms with Gasteiger partial charge < -0.3 is 5.32 Å². The van der Waals surface area contributed by atoms with Crippen molar-refractivity contribution < 1.29 is 4.39 Å². The molecule has 4 heteroatoms. The van der Waals surface area contributed by atoms with Crippen LogP contribution in [0.2, 0.25) is 5.02 Å². The van der Waals surface area contributed by atoms with Gasteiger partial charge in [-0.15, -0.1) is 0 Å². The van der Waals surface area contributed by atoms with E-state index in [1.807, 2.05) is 0 Å². The lowest BCUT2D eigenvalue weighted by Crippen LogP contribution is -2.35. The molecule has 2 atom stereocenters. The third-order valence-electron chi connectivity index (χ3n) is 4.39. The maximum atomic E-state index is 14.4. The molecule has 2 unspecified atom stereocenters. The van der Waals surface area contributed by atoms with E-state index in [2.05, 4.69) is 24.2 Å². The highest BCUT2D eigenvalue weighted by molar-refractivity contribution is 6.31. The Kier molecular flexibility index (Phi) is 6.46. The molecule has 21 heavy (non-hydrogen) atoms. The van der Waals surface area contributed by atoms with Crippen LogP contribution in [0.15, 0.2) is 18.2 Å². The number of benzene rings is 1. The molecule has 2 rings (SSSR count). The Labute approximate surface area is 132 Å². The normalized spacial score (nSPS) is 24.0. The molecule has 0 aliphatic carbocycles. The van der Waals surface area contributed by atoms with Gasteiger partial charge in [-0.1, -0.05) is 31.0 Å². The zero-order valence-corrected chi connectivity index (χ0v) is 13.8. The Morgan fingerprint density at radius 3 is 2.90 bits per heavy atom. The first-order valence-electron chi connectivity index (χ1n) is 8.00. The van der Waals surface area contributed by atoms with Crippen molar-refractivity contribution in [3.63, 3.8) is 0 Å². The average molecular weight is 313 g/mol. The molecule has 0 radical (unpaired) electrons. The molecular formula is C17H26ClFN2. The first kappa shape index (κ1) is 16.7. The van der Waals surface area contributed by atoms with Gasteiger partial charge in [-0.2, -0.15) is 0 Å². The van der Waals surface area contributed by atoms with Crippen molar-refractivity contribution in [2.24, 2.45) is 5.92 Å². The molecule has 1 saturated heterocycles. The Bertz CT molecular complexity index is 432. The Hall–Kier alpha value is -0.640. The molecule has 118 valence electrons. The fourth-order valence-electron chi connectivity index (χ4n) is 3.35. The van der Waals surface area contributed by atoms with Gasteiger partial charge >= 0.3 is 0 Å². The predicted octanol–water partition coefficient (Wildman–Crippen LogP) is 4.25. The molecule has 1 fully saturated rings. The van der Waals surface area contributed by atoms with E-state index >= 15 is 0 Å². The van der Waals surface area contributed by atoms with Crippen molar-refractivity contribution in [3.8, 4) is 0 Å². The molecule has 1 aliphatic heterocycles. The highest BCUT2D eigenvalue weighted by Gasteiger charge is 2.32. The highest BCUT2D eigenvalue weighted by Crippen LogP contribution is 2.38. The van der Waals surface area contributed by atoms with Crippen LogP contribution in [0.4, 0.5) is 4.39 Å². The molecule has 1 aliphatic rings. The van der Waals surface area contributed by atoms with Crippen molar-refractivity contribution in [1.82, 2.24) is 10.2 Å². The van der Waals surface area contributed by atoms with E-state index in [4.69, 9.17) is 11.6 Å². The molecule has 0 aromatic heterocycles. The van der Waals surface area contributed by atoms with E-state index < -0.39 is 0 Å². The quantitative estimate of drug-likeness (QED) is 0.818. The molecule has 1 aromatic rings. The summed E-state index contributed by atoms with van der Waals surface area (Å²) < 4.78 is 14.4. The van der Waals surface area contributed by atoms with Gasteiger partial charge in [0.1, 0.15) is 5.82 Å². The Morgan fingerprint density at radius 1 is 1.38 bits per heavy atom. The minimum atomic E-state index is -0.179. The molecule has 0 amide bonds. The zero-order valence-electron chi connectivity index (χ0n) is 13.0. The minimum absolute atomic E-state index is 0.0607. The van der Waals surface area contributed by atoms with Crippen molar-refractivity contribution in [2.75, 3.05) is 26.7 Å². The molecule has 1 aromatic carbocycles. The van der Waals surface area contributed by atoms with Crippen LogP contribution in [-0.2, 0) is 0 Å². The summed E-state index contributed by atoms with van der Waals surface area (Å²) in [5.74, 6) is 0.222. The third kappa shape index (κ3) is 4.18. The fraction of sp³-hybridized carbons (Fsp3) is 0.647. The summed E-state index contributed by atoms with van der Waals surface area (Å²) in [6, 6.07) is 5.07. The molecule has 0 spiro atoms. The highest BCUT2D eigenvalue weighted by atomic mass is 35.5. The summed E-state index contributed by atoms with van der Waals surface area (Å²) in [7, 11) is 2.09. The van der Waals surface area contributed by atoms with Crippen molar-refractivity contribution in [2.45, 2.75) is 38.6 Å². The summed E-state index contributed by atoms with van der Waals surface area (Å²) in [6.07, 6.45) is 4.61. The standard InChI is InChI=1S/C17H26ClFN2/c1-3-10-20-12-13-7-4-5-11-21(2)17(13)16-14(18)8-6-9-15(16)19/h6,8-9,13,17,20H,3-5,7,10-12H2,1-2H3. The van der Waals surface area contributed by atoms with Crippen molar-refractivity contribution in [3.05, 3.63) is 34.6 Å². The van der Waals surface area contributed by atoms with E-state index in [-0.39, 0.29) is 11.9 Å². The first-order chi connectivity index (χ1) is 10.1. The maximum absolute atomic E-state index is 14.4. The van der Waals surface area contributed by atoms with Gasteiger partial charge in [-0.05, 0) is 64.0 Å². The van der Waals surface area contributed by atoms with Crippen molar-refractivity contribution in [1.29, 1.82) is 0 Å². The van der Waals surface area contributed by atoms with Crippen LogP contribution in [0.3, 0.4) is 0 Å². The van der Waals surface area contributed by atoms with E-state index in [9.17, 15) is 4.39 Å². The zero-order chi connectivity index (χ0) is 15.2. The lowest BCUT2D eigenvalue weighted by Gasteiger charge is -2.33. The van der Waals surface area contributed by atoms with Gasteiger partial charge in [0.15, 0.2) is 0 Å². The van der Waals surface area contributed by atoms with Crippen LogP contribution in [0.1, 0.15) is 44.2 Å². The van der Waals surface area contributed by atoms with Gasteiger partial charge in [0.2, 0.25) is 0 Å². The minimum Gasteiger partial charge on any atom is -0.316 e. The van der Waals surface area contributed by atoms with Crippen LogP contribution in [0, 0.1) is 11.7 Å². The van der Waals surface area contributed by atoms with Gasteiger partial charge in [0, 0.05) is 16.6 Å². The van der Waals surface area contributed by atoms with Crippen LogP contribution < -0.4 is 5.32 Å². The van der Waals surface area contributed by atoms with Gasteiger partial charge in [0.05, 0.1) is 0 Å². The first-order valence-corrected chi connectivity index (χ1v) is 8.37. The third-order valence-corrected chi connectivity index (χ3v) is 4.72. The topological polar surface area (TPSA) is 15.3 Å². The number of hydrogen-bond acceptors (Lipinski definition) is 2. The predicted molar refractivity (Wildman–Crippen MR) is 87.3 cm³/mol. The largest absolute Gasteiger partial charge is 0.316 e. The van der Waals surface area contributed by atoms with Crippen LogP contribution in [-0.4, -0.2) is 31.6 Å². The van der Waals surface area contributed by atoms with Crippen molar-refractivity contribution >= 4 is 11.6 Å². The Balaban J connectivity index is 2.28. The van der Waals surface area contributed by atoms with Gasteiger partial charge in [-0.3, -0.25) is 4.90 Å². The van der Waals surface area contributed by atoms with Gasteiger partial charge in [0.25, 0.3) is 0 Å². The SMILES string of the molecule is CCCNCC1CCCCN(C)C1c1c(F)cccc1Cl. The number of likely N-dealkylation sites (tertiary alicyclic amines) is 1. The average Bonchev–Trinajstić information content (AvgIpc) is 2.62. The molecule has 2 nitrogen and oxygen atoms in total. The second-order valence-corrected chi connectivity index (χ2v) is 6.43. The molecule has 1 N–H and O–H groups in total. The summed E-state index contributed by atoms with van der Waals surface area (Å²) in [5.41, 5.74) is 0.673. The van der Waals surface area contributed by atoms with Crippen LogP contribution in [0.5, 0.6) is 0 Å². The second-order valence-electron chi connectivity index (χ2n) is 6.02. The fourth-order valence-corrected chi connectivity index (χ4v) is 3.63. The molecule has 1 heterocycles. The van der Waals surface area contributed by atoms with E-state index in [0.717, 1.165) is 32.5 Å². The lowest BCUT2D eigenvalue weighted by molar-refractivity contribution is 0.185. The number of halogens is 2. The summed E-state index contributed by atoms with van der Waals surface area (Å²) in [4.78, 5) is 2.27. The van der Waals surface area contributed by atoms with E-state index in [1.54, 1.807) is 12.1 Å². The maximum Gasteiger partial charge on any atom is 0.129 e. The Morgan fingerprint density at radius 2 is 2.19 bits per heavy atom.